The van der Waals surface area contributed by atoms with E-state index >= 15 is 0 Å². The molecule has 702 valence electrons. The number of rotatable bonds is 18. The third-order valence-electron chi connectivity index (χ3n) is 25.8. The molecule has 0 nitrogen and oxygen atoms in total. The van der Waals surface area contributed by atoms with E-state index in [2.05, 4.69) is 447 Å². The summed E-state index contributed by atoms with van der Waals surface area (Å²) in [4.78, 5) is 0. The molecule has 126 heavy (non-hydrogen) atoms. The molecule has 7 aromatic rings. The molecule has 0 atom stereocenters. The molecule has 0 unspecified atom stereocenters. The zero-order valence-corrected chi connectivity index (χ0v) is 102. The van der Waals surface area contributed by atoms with Crippen LogP contribution in [0.2, 0.25) is 0 Å². The maximum absolute atomic E-state index is 2.71. The molecule has 0 aliphatic rings. The first kappa shape index (κ1) is 111. The Hall–Kier alpha value is -2.34. The Balaban J connectivity index is 2.01. The van der Waals surface area contributed by atoms with Gasteiger partial charge in [0, 0.05) is 0 Å². The summed E-state index contributed by atoms with van der Waals surface area (Å²) in [5.41, 5.74) is 36.6. The maximum atomic E-state index is 2.71. The fourth-order valence-electron chi connectivity index (χ4n) is 17.0. The van der Waals surface area contributed by atoms with Crippen molar-refractivity contribution in [3.8, 4) is 0 Å². The van der Waals surface area contributed by atoms with E-state index in [1.807, 2.05) is 0 Å². The van der Waals surface area contributed by atoms with Gasteiger partial charge >= 0.3 is 826 Å². The number of benzene rings is 7. The van der Waals surface area contributed by atoms with Gasteiger partial charge in [-0.3, -0.25) is 0 Å². The Morgan fingerprint density at radius 2 is 0.190 bits per heavy atom. The van der Waals surface area contributed by atoms with Crippen LogP contribution < -0.4 is 26.8 Å². The van der Waals surface area contributed by atoms with Crippen molar-refractivity contribution < 1.29 is 0 Å². The minimum atomic E-state index is -0.0968. The molecule has 6 heteroatoms. The summed E-state index contributed by atoms with van der Waals surface area (Å²) < 4.78 is 9.88. The van der Waals surface area contributed by atoms with E-state index < -0.39 is 0 Å². The second-order valence-corrected chi connectivity index (χ2v) is 68.9. The molecule has 0 heterocycles. The van der Waals surface area contributed by atoms with Crippen molar-refractivity contribution in [2.24, 2.45) is 0 Å². The Bertz CT molecular complexity index is 4000. The predicted molar refractivity (Wildman–Crippen MR) is 576 cm³/mol. The first-order valence-corrected chi connectivity index (χ1v) is 60.4. The summed E-state index contributed by atoms with van der Waals surface area (Å²) in [5, 5.41) is 6.23. The van der Waals surface area contributed by atoms with Gasteiger partial charge in [0.2, 0.25) is 0 Å². The molecule has 0 fully saturated rings. The van der Waals surface area contributed by atoms with Crippen LogP contribution in [0, 0.1) is 0 Å². The van der Waals surface area contributed by atoms with Crippen molar-refractivity contribution >= 4 is 117 Å². The molecule has 0 amide bonds. The van der Waals surface area contributed by atoms with Gasteiger partial charge in [-0.1, -0.05) is 0 Å². The van der Waals surface area contributed by atoms with Crippen LogP contribution in [-0.4, -0.2) is 89.7 Å². The van der Waals surface area contributed by atoms with Gasteiger partial charge < -0.3 is 0 Å². The van der Waals surface area contributed by atoms with Crippen LogP contribution in [0.5, 0.6) is 0 Å². The third kappa shape index (κ3) is 27.1. The van der Waals surface area contributed by atoms with E-state index in [9.17, 15) is 0 Å². The molecule has 0 saturated heterocycles. The predicted octanol–water partition coefficient (Wildman–Crippen LogP) is 28.2. The Kier molecular flexibility index (Phi) is 33.0. The summed E-state index contributed by atoms with van der Waals surface area (Å²) >= 11 is 0.117. The molecule has 0 N–H and O–H groups in total. The van der Waals surface area contributed by atoms with E-state index in [1.165, 1.54) is 33.4 Å². The van der Waals surface area contributed by atoms with Crippen LogP contribution in [0.1, 0.15) is 507 Å². The molecule has 0 aliphatic carbocycles. The molecule has 0 aliphatic heterocycles. The summed E-state index contributed by atoms with van der Waals surface area (Å²) in [6.07, 6.45) is 0. The average Bonchev–Trinajstić information content (AvgIpc) is 0.739. The van der Waals surface area contributed by atoms with Crippen molar-refractivity contribution in [2.75, 3.05) is 0 Å². The summed E-state index contributed by atoms with van der Waals surface area (Å²) in [5.74, 6) is 0. The number of hydrogen-bond donors (Lipinski definition) is 0. The first-order valence-electron chi connectivity index (χ1n) is 48.0. The third-order valence-corrected chi connectivity index (χ3v) is 40.4. The molecule has 0 saturated carbocycles. The van der Waals surface area contributed by atoms with Gasteiger partial charge in [0.1, 0.15) is 0 Å². The number of hydrogen-bond acceptors (Lipinski definition) is 0. The van der Waals surface area contributed by atoms with Crippen LogP contribution in [0.3, 0.4) is 0 Å². The summed E-state index contributed by atoms with van der Waals surface area (Å²) in [6, 6.07) is 32.5. The Morgan fingerprint density at radius 3 is 0.246 bits per heavy atom. The van der Waals surface area contributed by atoms with Crippen molar-refractivity contribution in [2.45, 2.75) is 503 Å². The SMILES string of the molecule is CC(C)(C)c1cc(C(C)(C)C)c([Se]Cc2c(C[Se]c3c(C(C)(C)C)cc(C(C)(C)C)cc3C(C)(C)C)c(C[Se]c3c(C(C)(C)C)cc(C(C)(C)C)cc3C(C)(C)C)c(C[Se]c3c(C(C)(C)C)cc(C(C)(C)C)cc3C(C)(C)C)c(C[Se]c3c(C(C)(C)C)cc(C(C)(C)C)cc3C(C)(C)C)c2C[Se]c2c(C(C)(C)C)cc(C(C)(C)C)cc2C(C)(C)C)c(C(C)(C)C)c1. The van der Waals surface area contributed by atoms with Crippen molar-refractivity contribution in [3.63, 3.8) is 0 Å². The summed E-state index contributed by atoms with van der Waals surface area (Å²) in [6.45, 7) is 136. The molecule has 0 bridgehead atoms. The van der Waals surface area contributed by atoms with E-state index in [4.69, 9.17) is 0 Å². The molecule has 0 aromatic heterocycles. The zero-order valence-electron chi connectivity index (χ0n) is 91.6. The first-order chi connectivity index (χ1) is 55.9. The van der Waals surface area contributed by atoms with Gasteiger partial charge in [-0.05, 0) is 0 Å². The van der Waals surface area contributed by atoms with Crippen LogP contribution in [0.25, 0.3) is 0 Å². The fourth-order valence-corrected chi connectivity index (χ4v) is 38.1. The normalized spacial score (nSPS) is 14.3. The quantitative estimate of drug-likeness (QED) is 0.0751. The average molecular weight is 2100 g/mol. The van der Waals surface area contributed by atoms with Crippen LogP contribution in [0.15, 0.2) is 72.8 Å². The molecule has 7 rings (SSSR count). The van der Waals surface area contributed by atoms with Crippen molar-refractivity contribution in [1.82, 2.24) is 0 Å². The van der Waals surface area contributed by atoms with E-state index in [1.54, 1.807) is 127 Å². The van der Waals surface area contributed by atoms with Crippen molar-refractivity contribution in [1.29, 1.82) is 0 Å². The Morgan fingerprint density at radius 1 is 0.119 bits per heavy atom. The molecular formula is C120H186Se6. The van der Waals surface area contributed by atoms with Gasteiger partial charge in [-0.15, -0.1) is 0 Å². The van der Waals surface area contributed by atoms with Gasteiger partial charge in [0.25, 0.3) is 0 Å². The fraction of sp³-hybridized carbons (Fsp3) is 0.650. The van der Waals surface area contributed by atoms with E-state index in [0.29, 0.717) is 0 Å². The van der Waals surface area contributed by atoms with Gasteiger partial charge in [0.15, 0.2) is 0 Å². The topological polar surface area (TPSA) is 0 Å². The molecule has 0 spiro atoms. The molecule has 7 aromatic carbocycles. The monoisotopic (exact) mass is 2110 g/mol. The van der Waals surface area contributed by atoms with Crippen LogP contribution in [0.4, 0.5) is 0 Å². The van der Waals surface area contributed by atoms with E-state index in [-0.39, 0.29) is 187 Å². The van der Waals surface area contributed by atoms with E-state index in [0.717, 1.165) is 31.9 Å². The standard InChI is InChI=1S/C120H186Se6/c1-103(2,3)73-55-85(109(19,20)21)97(86(56-73)110(22,23)24)121-67-79-80(68-122-98-87(111(25,26)27)57-74(104(4,5)6)58-88(98)112(28,29)30)82(70-124-100-91(115(37,38)39)61-76(106(10,11)12)62-92(100)116(40,41)42)84(72-126-102-95(119(49,50)51)65-78(108(16,17)18)66-96(102)120(52,53)54)83(71-125-101-93(117(43,44)45)63-77(107(13,14)15)64-94(101)118(46,47)48)81(79)69-123-99-89(113(31,32)33)59-75(105(7,8)9)60-90(99)114(34,35)36/h55-66H,67-72H2,1-54H3. The van der Waals surface area contributed by atoms with Gasteiger partial charge in [-0.25, -0.2) is 0 Å². The molecule has 0 radical (unpaired) electrons. The molecular weight excluding hydrogens is 1920 g/mol. The zero-order chi connectivity index (χ0) is 97.3. The minimum absolute atomic E-state index is 0.0195. The summed E-state index contributed by atoms with van der Waals surface area (Å²) in [7, 11) is 0. The van der Waals surface area contributed by atoms with Crippen LogP contribution >= 0.6 is 0 Å². The van der Waals surface area contributed by atoms with Crippen molar-refractivity contribution in [3.05, 3.63) is 206 Å². The second kappa shape index (κ2) is 37.6. The Labute approximate surface area is 818 Å². The van der Waals surface area contributed by atoms with Gasteiger partial charge in [0.05, 0.1) is 0 Å². The van der Waals surface area contributed by atoms with Gasteiger partial charge in [-0.2, -0.15) is 0 Å². The van der Waals surface area contributed by atoms with Crippen LogP contribution in [-0.2, 0) is 129 Å². The second-order valence-electron chi connectivity index (χ2n) is 56.5.